The van der Waals surface area contributed by atoms with Crippen LogP contribution in [0, 0.1) is 0 Å². The van der Waals surface area contributed by atoms with Crippen molar-refractivity contribution in [2.75, 3.05) is 12.5 Å². The lowest BCUT2D eigenvalue weighted by molar-refractivity contribution is 0.0685. The van der Waals surface area contributed by atoms with E-state index in [1.807, 2.05) is 0 Å². The van der Waals surface area contributed by atoms with Gasteiger partial charge in [0.15, 0.2) is 31.1 Å². The number of hydrogen-bond donors (Lipinski definition) is 1. The fraction of sp³-hybridized carbons (Fsp3) is 0.167. The van der Waals surface area contributed by atoms with E-state index in [4.69, 9.17) is 9.63 Å². The summed E-state index contributed by atoms with van der Waals surface area (Å²) < 4.78 is 52.4. The summed E-state index contributed by atoms with van der Waals surface area (Å²) in [5.41, 5.74) is -0.482. The van der Waals surface area contributed by atoms with Crippen LogP contribution in [0.2, 0.25) is 0 Å². The predicted octanol–water partition coefficient (Wildman–Crippen LogP) is 0.847. The van der Waals surface area contributed by atoms with Crippen molar-refractivity contribution >= 4 is 25.6 Å². The van der Waals surface area contributed by atoms with Crippen molar-refractivity contribution in [2.24, 2.45) is 0 Å². The number of hydrogen-bond acceptors (Lipinski definition) is 7. The molecular weight excluding hydrogens is 334 g/mol. The van der Waals surface area contributed by atoms with Crippen LogP contribution in [0.4, 0.5) is 0 Å². The topological polar surface area (TPSA) is 132 Å². The Labute approximate surface area is 126 Å². The number of benzene rings is 1. The molecule has 1 aromatic heterocycles. The van der Waals surface area contributed by atoms with Gasteiger partial charge in [-0.2, -0.15) is 0 Å². The summed E-state index contributed by atoms with van der Waals surface area (Å²) >= 11 is 0. The Balaban J connectivity index is 2.84. The monoisotopic (exact) mass is 345 g/mol. The molecule has 0 bridgehead atoms. The molecule has 0 aliphatic heterocycles. The molecule has 0 saturated heterocycles. The number of carboxylic acid groups (broad SMARTS) is 1. The molecule has 0 radical (unpaired) electrons. The van der Waals surface area contributed by atoms with Crippen LogP contribution < -0.4 is 0 Å². The minimum Gasteiger partial charge on any atom is -0.476 e. The average Bonchev–Trinajstić information content (AvgIpc) is 2.85. The predicted molar refractivity (Wildman–Crippen MR) is 75.1 cm³/mol. The highest BCUT2D eigenvalue weighted by Crippen LogP contribution is 2.33. The first-order valence-corrected chi connectivity index (χ1v) is 9.53. The molecular formula is C12H11NO7S2. The van der Waals surface area contributed by atoms with Gasteiger partial charge in [0.1, 0.15) is 0 Å². The Kier molecular flexibility index (Phi) is 3.83. The average molecular weight is 345 g/mol. The smallest absolute Gasteiger partial charge is 0.358 e. The van der Waals surface area contributed by atoms with Crippen molar-refractivity contribution in [1.29, 1.82) is 0 Å². The quantitative estimate of drug-likeness (QED) is 0.862. The highest BCUT2D eigenvalue weighted by Gasteiger charge is 2.27. The maximum absolute atomic E-state index is 12.0. The van der Waals surface area contributed by atoms with E-state index in [9.17, 15) is 21.6 Å². The van der Waals surface area contributed by atoms with Crippen molar-refractivity contribution < 1.29 is 31.3 Å². The number of aromatic carboxylic acids is 1. The Morgan fingerprint density at radius 3 is 2.23 bits per heavy atom. The van der Waals surface area contributed by atoms with Gasteiger partial charge in [-0.05, 0) is 12.1 Å². The molecule has 0 unspecified atom stereocenters. The molecule has 1 aromatic carbocycles. The second kappa shape index (κ2) is 5.21. The molecule has 0 fully saturated rings. The van der Waals surface area contributed by atoms with Crippen LogP contribution in [-0.2, 0) is 19.7 Å². The fourth-order valence-corrected chi connectivity index (χ4v) is 4.57. The van der Waals surface area contributed by atoms with Crippen LogP contribution in [0.15, 0.2) is 38.6 Å². The first kappa shape index (κ1) is 16.2. The third kappa shape index (κ3) is 3.02. The SMILES string of the molecule is CS(=O)(=O)c1cccc(-c2cc(C(=O)O)no2)c1S(C)(=O)=O. The molecule has 1 heterocycles. The number of sulfone groups is 2. The molecule has 0 spiro atoms. The van der Waals surface area contributed by atoms with Gasteiger partial charge in [0.25, 0.3) is 0 Å². The van der Waals surface area contributed by atoms with Crippen molar-refractivity contribution in [1.82, 2.24) is 5.16 Å². The summed E-state index contributed by atoms with van der Waals surface area (Å²) in [4.78, 5) is 9.98. The third-order valence-corrected chi connectivity index (χ3v) is 5.19. The van der Waals surface area contributed by atoms with Crippen LogP contribution in [0.3, 0.4) is 0 Å². The molecule has 0 aliphatic carbocycles. The minimum absolute atomic E-state index is 0.0644. The van der Waals surface area contributed by atoms with Crippen LogP contribution in [0.1, 0.15) is 10.5 Å². The van der Waals surface area contributed by atoms with Crippen molar-refractivity contribution in [3.63, 3.8) is 0 Å². The summed E-state index contributed by atoms with van der Waals surface area (Å²) in [5, 5.41) is 12.1. The highest BCUT2D eigenvalue weighted by molar-refractivity contribution is 7.93. The molecule has 2 aromatic rings. The summed E-state index contributed by atoms with van der Waals surface area (Å²) in [7, 11) is -7.73. The number of carbonyl (C=O) groups is 1. The Morgan fingerprint density at radius 2 is 1.77 bits per heavy atom. The van der Waals surface area contributed by atoms with Gasteiger partial charge in [0.2, 0.25) is 0 Å². The molecule has 8 nitrogen and oxygen atoms in total. The summed E-state index contributed by atoms with van der Waals surface area (Å²) in [6.45, 7) is 0. The highest BCUT2D eigenvalue weighted by atomic mass is 32.2. The lowest BCUT2D eigenvalue weighted by atomic mass is 10.1. The van der Waals surface area contributed by atoms with Crippen molar-refractivity contribution in [2.45, 2.75) is 9.79 Å². The van der Waals surface area contributed by atoms with Gasteiger partial charge in [0, 0.05) is 24.1 Å². The first-order valence-electron chi connectivity index (χ1n) is 5.75. The molecule has 0 atom stereocenters. The van der Waals surface area contributed by atoms with E-state index in [1.165, 1.54) is 12.1 Å². The number of rotatable bonds is 4. The number of aromatic nitrogens is 1. The fourth-order valence-electron chi connectivity index (χ4n) is 1.89. The minimum atomic E-state index is -3.92. The molecule has 1 N–H and O–H groups in total. The van der Waals surface area contributed by atoms with E-state index in [0.717, 1.165) is 24.6 Å². The number of carboxylic acids is 1. The van der Waals surface area contributed by atoms with Gasteiger partial charge in [-0.3, -0.25) is 0 Å². The van der Waals surface area contributed by atoms with Gasteiger partial charge < -0.3 is 9.63 Å². The zero-order chi connectivity index (χ0) is 16.7. The summed E-state index contributed by atoms with van der Waals surface area (Å²) in [6.07, 6.45) is 1.73. The van der Waals surface area contributed by atoms with Gasteiger partial charge in [0.05, 0.1) is 9.79 Å². The van der Waals surface area contributed by atoms with E-state index in [1.54, 1.807) is 0 Å². The summed E-state index contributed by atoms with van der Waals surface area (Å²) in [5.74, 6) is -1.50. The van der Waals surface area contributed by atoms with Crippen LogP contribution >= 0.6 is 0 Å². The van der Waals surface area contributed by atoms with Crippen molar-refractivity contribution in [3.05, 3.63) is 30.0 Å². The third-order valence-electron chi connectivity index (χ3n) is 2.74. The van der Waals surface area contributed by atoms with Crippen LogP contribution in [0.25, 0.3) is 11.3 Å². The number of nitrogens with zero attached hydrogens (tertiary/aromatic N) is 1. The van der Waals surface area contributed by atoms with Crippen molar-refractivity contribution in [3.8, 4) is 11.3 Å². The lowest BCUT2D eigenvalue weighted by Crippen LogP contribution is -2.09. The normalized spacial score (nSPS) is 12.3. The van der Waals surface area contributed by atoms with E-state index < -0.39 is 36.2 Å². The zero-order valence-corrected chi connectivity index (χ0v) is 13.1. The van der Waals surface area contributed by atoms with Crippen LogP contribution in [0.5, 0.6) is 0 Å². The maximum Gasteiger partial charge on any atom is 0.358 e. The second-order valence-corrected chi connectivity index (χ2v) is 8.50. The first-order chi connectivity index (χ1) is 10.0. The second-order valence-electron chi connectivity index (χ2n) is 4.56. The Bertz CT molecular complexity index is 955. The molecule has 10 heteroatoms. The lowest BCUT2D eigenvalue weighted by Gasteiger charge is -2.10. The molecule has 22 heavy (non-hydrogen) atoms. The van der Waals surface area contributed by atoms with Gasteiger partial charge in [-0.1, -0.05) is 11.2 Å². The molecule has 0 amide bonds. The van der Waals surface area contributed by atoms with Crippen LogP contribution in [-0.4, -0.2) is 45.6 Å². The zero-order valence-electron chi connectivity index (χ0n) is 11.5. The van der Waals surface area contributed by atoms with Gasteiger partial charge in [-0.15, -0.1) is 0 Å². The summed E-state index contributed by atoms with van der Waals surface area (Å²) in [6, 6.07) is 4.84. The van der Waals surface area contributed by atoms with E-state index in [0.29, 0.717) is 0 Å². The molecule has 118 valence electrons. The Morgan fingerprint density at radius 1 is 1.14 bits per heavy atom. The maximum atomic E-state index is 12.0. The standard InChI is InChI=1S/C12H11NO7S2/c1-21(16,17)10-5-3-4-7(11(10)22(2,18)19)9-6-8(12(14)15)13-20-9/h3-6H,1-2H3,(H,14,15). The van der Waals surface area contributed by atoms with E-state index >= 15 is 0 Å². The van der Waals surface area contributed by atoms with E-state index in [-0.39, 0.29) is 16.2 Å². The van der Waals surface area contributed by atoms with Gasteiger partial charge in [-0.25, -0.2) is 21.6 Å². The van der Waals surface area contributed by atoms with E-state index in [2.05, 4.69) is 5.16 Å². The molecule has 0 saturated carbocycles. The molecule has 0 aliphatic rings. The largest absolute Gasteiger partial charge is 0.476 e. The van der Waals surface area contributed by atoms with Gasteiger partial charge >= 0.3 is 5.97 Å². The Hall–Kier alpha value is -2.20. The molecule has 2 rings (SSSR count).